The van der Waals surface area contributed by atoms with Crippen LogP contribution in [0.25, 0.3) is 0 Å². The molecule has 1 aliphatic heterocycles. The second-order valence-corrected chi connectivity index (χ2v) is 7.91. The summed E-state index contributed by atoms with van der Waals surface area (Å²) in [7, 11) is 1.68. The molecular weight excluding hydrogens is 403 g/mol. The molecule has 0 unspecified atom stereocenters. The highest BCUT2D eigenvalue weighted by Crippen LogP contribution is 2.33. The van der Waals surface area contributed by atoms with Crippen LogP contribution in [0.5, 0.6) is 0 Å². The SMILES string of the molecule is COCC1(c2nc(C(C)(C)NC(=O)c3cccc(Cl)c3)no2)CCNCC1.Cl. The topological polar surface area (TPSA) is 89.3 Å². The fraction of sp³-hybridized carbons (Fsp3) is 0.526. The molecule has 3 rings (SSSR count). The molecule has 28 heavy (non-hydrogen) atoms. The summed E-state index contributed by atoms with van der Waals surface area (Å²) in [6.45, 7) is 5.95. The fourth-order valence-corrected chi connectivity index (χ4v) is 3.53. The molecule has 1 aromatic carbocycles. The first kappa shape index (κ1) is 22.6. The van der Waals surface area contributed by atoms with E-state index < -0.39 is 5.54 Å². The average Bonchev–Trinajstić information content (AvgIpc) is 3.14. The maximum absolute atomic E-state index is 12.6. The summed E-state index contributed by atoms with van der Waals surface area (Å²) in [4.78, 5) is 17.2. The van der Waals surface area contributed by atoms with Gasteiger partial charge < -0.3 is 19.9 Å². The van der Waals surface area contributed by atoms with E-state index in [1.807, 2.05) is 13.8 Å². The number of piperidine rings is 1. The molecule has 0 aliphatic carbocycles. The van der Waals surface area contributed by atoms with Gasteiger partial charge in [0.2, 0.25) is 5.89 Å². The third-order valence-corrected chi connectivity index (χ3v) is 5.17. The molecule has 0 spiro atoms. The number of aromatic nitrogens is 2. The first-order valence-corrected chi connectivity index (χ1v) is 9.36. The zero-order valence-corrected chi connectivity index (χ0v) is 17.8. The van der Waals surface area contributed by atoms with Gasteiger partial charge in [-0.15, -0.1) is 12.4 Å². The molecule has 1 saturated heterocycles. The number of benzene rings is 1. The van der Waals surface area contributed by atoms with Crippen molar-refractivity contribution in [3.05, 3.63) is 46.6 Å². The zero-order chi connectivity index (χ0) is 19.5. The number of hydrogen-bond donors (Lipinski definition) is 2. The Kier molecular flexibility index (Phi) is 7.45. The number of methoxy groups -OCH3 is 1. The molecule has 0 radical (unpaired) electrons. The molecule has 1 amide bonds. The Labute approximate surface area is 176 Å². The van der Waals surface area contributed by atoms with Crippen molar-refractivity contribution in [2.75, 3.05) is 26.8 Å². The quantitative estimate of drug-likeness (QED) is 0.734. The Morgan fingerprint density at radius 1 is 1.39 bits per heavy atom. The molecule has 154 valence electrons. The lowest BCUT2D eigenvalue weighted by molar-refractivity contribution is 0.0849. The molecule has 0 atom stereocenters. The molecule has 1 fully saturated rings. The first-order valence-electron chi connectivity index (χ1n) is 8.99. The third kappa shape index (κ3) is 4.84. The number of carbonyl (C=O) groups is 1. The second kappa shape index (κ2) is 9.22. The fourth-order valence-electron chi connectivity index (χ4n) is 3.34. The second-order valence-electron chi connectivity index (χ2n) is 7.48. The van der Waals surface area contributed by atoms with Crippen LogP contribution in [0.3, 0.4) is 0 Å². The smallest absolute Gasteiger partial charge is 0.252 e. The van der Waals surface area contributed by atoms with E-state index in [0.29, 0.717) is 28.9 Å². The van der Waals surface area contributed by atoms with Gasteiger partial charge in [-0.25, -0.2) is 0 Å². The van der Waals surface area contributed by atoms with E-state index in [0.717, 1.165) is 25.9 Å². The Hall–Kier alpha value is -1.67. The van der Waals surface area contributed by atoms with Crippen molar-refractivity contribution in [3.8, 4) is 0 Å². The normalized spacial score (nSPS) is 16.3. The molecule has 2 aromatic rings. The van der Waals surface area contributed by atoms with Crippen molar-refractivity contribution in [1.29, 1.82) is 0 Å². The van der Waals surface area contributed by atoms with Gasteiger partial charge in [-0.1, -0.05) is 22.8 Å². The highest BCUT2D eigenvalue weighted by atomic mass is 35.5. The summed E-state index contributed by atoms with van der Waals surface area (Å²) < 4.78 is 11.0. The van der Waals surface area contributed by atoms with Gasteiger partial charge in [-0.2, -0.15) is 4.98 Å². The van der Waals surface area contributed by atoms with Gasteiger partial charge in [0.05, 0.1) is 17.6 Å². The maximum atomic E-state index is 12.6. The molecule has 9 heteroatoms. The van der Waals surface area contributed by atoms with Gasteiger partial charge in [0, 0.05) is 17.7 Å². The van der Waals surface area contributed by atoms with Crippen LogP contribution in [0.2, 0.25) is 5.02 Å². The zero-order valence-electron chi connectivity index (χ0n) is 16.3. The van der Waals surface area contributed by atoms with Gasteiger partial charge in [0.25, 0.3) is 5.91 Å². The molecule has 2 N–H and O–H groups in total. The molecule has 0 saturated carbocycles. The number of amides is 1. The summed E-state index contributed by atoms with van der Waals surface area (Å²) in [6, 6.07) is 6.80. The van der Waals surface area contributed by atoms with Crippen molar-refractivity contribution < 1.29 is 14.1 Å². The minimum absolute atomic E-state index is 0. The van der Waals surface area contributed by atoms with Crippen molar-refractivity contribution in [1.82, 2.24) is 20.8 Å². The van der Waals surface area contributed by atoms with E-state index in [1.165, 1.54) is 0 Å². The predicted octanol–water partition coefficient (Wildman–Crippen LogP) is 3.08. The van der Waals surface area contributed by atoms with Gasteiger partial charge >= 0.3 is 0 Å². The number of halogens is 2. The molecular formula is C19H26Cl2N4O3. The van der Waals surface area contributed by atoms with Crippen LogP contribution >= 0.6 is 24.0 Å². The summed E-state index contributed by atoms with van der Waals surface area (Å²) in [5.74, 6) is 0.745. The van der Waals surface area contributed by atoms with Gasteiger partial charge in [0.15, 0.2) is 5.82 Å². The minimum atomic E-state index is -0.803. The van der Waals surface area contributed by atoms with E-state index in [4.69, 9.17) is 20.9 Å². The van der Waals surface area contributed by atoms with Gasteiger partial charge in [0.1, 0.15) is 0 Å². The predicted molar refractivity (Wildman–Crippen MR) is 109 cm³/mol. The van der Waals surface area contributed by atoms with Crippen LogP contribution in [0.4, 0.5) is 0 Å². The van der Waals surface area contributed by atoms with Gasteiger partial charge in [-0.05, 0) is 58.0 Å². The Morgan fingerprint density at radius 3 is 2.75 bits per heavy atom. The van der Waals surface area contributed by atoms with Crippen LogP contribution in [0.1, 0.15) is 48.8 Å². The standard InChI is InChI=1S/C19H25ClN4O3.ClH/c1-18(2,23-15(25)13-5-4-6-14(20)11-13)16-22-17(27-24-16)19(12-26-3)7-9-21-10-8-19;/h4-6,11,21H,7-10,12H2,1-3H3,(H,23,25);1H. The molecule has 0 bridgehead atoms. The van der Waals surface area contributed by atoms with E-state index in [1.54, 1.807) is 31.4 Å². The number of nitrogens with one attached hydrogen (secondary N) is 2. The van der Waals surface area contributed by atoms with Crippen LogP contribution in [-0.2, 0) is 15.7 Å². The van der Waals surface area contributed by atoms with Crippen molar-refractivity contribution in [2.45, 2.75) is 37.6 Å². The highest BCUT2D eigenvalue weighted by molar-refractivity contribution is 6.30. The lowest BCUT2D eigenvalue weighted by Gasteiger charge is -2.33. The third-order valence-electron chi connectivity index (χ3n) is 4.93. The molecule has 2 heterocycles. The lowest BCUT2D eigenvalue weighted by atomic mass is 9.79. The molecule has 7 nitrogen and oxygen atoms in total. The van der Waals surface area contributed by atoms with Gasteiger partial charge in [-0.3, -0.25) is 4.79 Å². The van der Waals surface area contributed by atoms with E-state index >= 15 is 0 Å². The molecule has 1 aliphatic rings. The van der Waals surface area contributed by atoms with Crippen molar-refractivity contribution >= 4 is 29.9 Å². The van der Waals surface area contributed by atoms with Crippen molar-refractivity contribution in [2.24, 2.45) is 0 Å². The van der Waals surface area contributed by atoms with Crippen LogP contribution in [0, 0.1) is 0 Å². The summed E-state index contributed by atoms with van der Waals surface area (Å²) in [5, 5.41) is 11.0. The largest absolute Gasteiger partial charge is 0.384 e. The molecule has 1 aromatic heterocycles. The minimum Gasteiger partial charge on any atom is -0.384 e. The first-order chi connectivity index (χ1) is 12.9. The Balaban J connectivity index is 0.00000280. The number of ether oxygens (including phenoxy) is 1. The monoisotopic (exact) mass is 428 g/mol. The van der Waals surface area contributed by atoms with E-state index in [9.17, 15) is 4.79 Å². The summed E-state index contributed by atoms with van der Waals surface area (Å²) in [6.07, 6.45) is 1.72. The Bertz CT molecular complexity index is 798. The van der Waals surface area contributed by atoms with Crippen molar-refractivity contribution in [3.63, 3.8) is 0 Å². The number of rotatable bonds is 6. The van der Waals surface area contributed by atoms with E-state index in [2.05, 4.69) is 20.8 Å². The number of hydrogen-bond acceptors (Lipinski definition) is 6. The summed E-state index contributed by atoms with van der Waals surface area (Å²) in [5.41, 5.74) is -0.617. The number of carbonyl (C=O) groups excluding carboxylic acids is 1. The summed E-state index contributed by atoms with van der Waals surface area (Å²) >= 11 is 5.97. The average molecular weight is 429 g/mol. The van der Waals surface area contributed by atoms with E-state index in [-0.39, 0.29) is 23.7 Å². The van der Waals surface area contributed by atoms with Crippen LogP contribution in [-0.4, -0.2) is 42.9 Å². The van der Waals surface area contributed by atoms with Crippen LogP contribution < -0.4 is 10.6 Å². The number of nitrogens with zero attached hydrogens (tertiary/aromatic N) is 2. The Morgan fingerprint density at radius 2 is 2.11 bits per heavy atom. The highest BCUT2D eigenvalue weighted by Gasteiger charge is 2.41. The lowest BCUT2D eigenvalue weighted by Crippen LogP contribution is -2.44. The maximum Gasteiger partial charge on any atom is 0.252 e. The van der Waals surface area contributed by atoms with Crippen LogP contribution in [0.15, 0.2) is 28.8 Å².